The van der Waals surface area contributed by atoms with Gasteiger partial charge in [0.2, 0.25) is 0 Å². The van der Waals surface area contributed by atoms with E-state index in [0.29, 0.717) is 0 Å². The van der Waals surface area contributed by atoms with Crippen molar-refractivity contribution in [2.75, 3.05) is 0 Å². The van der Waals surface area contributed by atoms with Crippen LogP contribution in [0.4, 0.5) is 0 Å². The quantitative estimate of drug-likeness (QED) is 0.214. The molecule has 4 nitrogen and oxygen atoms in total. The summed E-state index contributed by atoms with van der Waals surface area (Å²) in [7, 11) is 0. The lowest BCUT2D eigenvalue weighted by atomic mass is 10.1. The van der Waals surface area contributed by atoms with Crippen molar-refractivity contribution in [3.05, 3.63) is 158 Å². The average molecular weight is 563 g/mol. The molecular weight excluding hydrogens is 536 g/mol. The summed E-state index contributed by atoms with van der Waals surface area (Å²) >= 11 is 0. The molecule has 44 heavy (non-hydrogen) atoms. The van der Waals surface area contributed by atoms with Crippen molar-refractivity contribution >= 4 is 43.6 Å². The van der Waals surface area contributed by atoms with Crippen molar-refractivity contribution in [2.45, 2.75) is 0 Å². The maximum absolute atomic E-state index is 5.13. The number of hydrogen-bond donors (Lipinski definition) is 0. The molecule has 4 heteroatoms. The minimum atomic E-state index is 0.840. The van der Waals surface area contributed by atoms with E-state index in [2.05, 4.69) is 160 Å². The number of para-hydroxylation sites is 4. The molecule has 0 aliphatic heterocycles. The van der Waals surface area contributed by atoms with Gasteiger partial charge in [0, 0.05) is 44.0 Å². The first-order chi connectivity index (χ1) is 21.8. The van der Waals surface area contributed by atoms with Crippen molar-refractivity contribution in [1.82, 2.24) is 19.1 Å². The first-order valence-corrected chi connectivity index (χ1v) is 14.8. The van der Waals surface area contributed by atoms with Crippen LogP contribution in [0.15, 0.2) is 158 Å². The van der Waals surface area contributed by atoms with Crippen molar-refractivity contribution < 1.29 is 0 Å². The molecule has 0 radical (unpaired) electrons. The lowest BCUT2D eigenvalue weighted by molar-refractivity contribution is 1.16. The Bertz CT molecular complexity index is 2240. The number of nitrogens with zero attached hydrogens (tertiary/aromatic N) is 4. The van der Waals surface area contributed by atoms with Crippen LogP contribution in [0, 0.1) is 0 Å². The van der Waals surface area contributed by atoms with Gasteiger partial charge in [-0.3, -0.25) is 4.98 Å². The standard InChI is InChI=1S/C40H26N4/c1-5-19-37-31(15-1)32-16-2-6-20-38(32)43(37)29-13-9-11-27(23-29)35-25-41-26-36(42-35)28-12-10-14-30(24-28)44-39-21-7-3-17-33(39)34-18-4-8-22-40(34)44/h1-26H. The SMILES string of the molecule is c1cc(-c2cncc(-c3cccc(-n4c5ccccc5c5ccccc54)c3)n2)cc(-n2c3ccccc3c3ccccc32)c1. The van der Waals surface area contributed by atoms with Crippen LogP contribution in [-0.4, -0.2) is 19.1 Å². The molecule has 0 saturated carbocycles. The third-order valence-corrected chi connectivity index (χ3v) is 8.59. The maximum atomic E-state index is 5.13. The van der Waals surface area contributed by atoms with Gasteiger partial charge in [-0.2, -0.15) is 0 Å². The van der Waals surface area contributed by atoms with Crippen molar-refractivity contribution in [3.63, 3.8) is 0 Å². The van der Waals surface area contributed by atoms with E-state index < -0.39 is 0 Å². The summed E-state index contributed by atoms with van der Waals surface area (Å²) in [6, 6.07) is 51.5. The van der Waals surface area contributed by atoms with E-state index in [0.717, 1.165) is 33.9 Å². The van der Waals surface area contributed by atoms with Gasteiger partial charge in [-0.25, -0.2) is 4.98 Å². The number of rotatable bonds is 4. The monoisotopic (exact) mass is 562 g/mol. The van der Waals surface area contributed by atoms with E-state index >= 15 is 0 Å². The zero-order chi connectivity index (χ0) is 29.0. The van der Waals surface area contributed by atoms with Crippen LogP contribution in [-0.2, 0) is 0 Å². The Morgan fingerprint density at radius 1 is 0.364 bits per heavy atom. The summed E-state index contributed by atoms with van der Waals surface area (Å²) in [4.78, 5) is 9.77. The molecule has 0 saturated heterocycles. The molecule has 6 aromatic carbocycles. The van der Waals surface area contributed by atoms with Crippen LogP contribution < -0.4 is 0 Å². The van der Waals surface area contributed by atoms with Gasteiger partial charge in [-0.05, 0) is 48.5 Å². The van der Waals surface area contributed by atoms with E-state index in [1.54, 1.807) is 0 Å². The highest BCUT2D eigenvalue weighted by Crippen LogP contribution is 2.35. The van der Waals surface area contributed by atoms with Crippen LogP contribution in [0.2, 0.25) is 0 Å². The Hall–Kier alpha value is -6.00. The molecule has 3 aromatic heterocycles. The Morgan fingerprint density at radius 2 is 0.727 bits per heavy atom. The second-order valence-electron chi connectivity index (χ2n) is 11.1. The minimum Gasteiger partial charge on any atom is -0.309 e. The molecule has 0 aliphatic rings. The molecule has 0 bridgehead atoms. The highest BCUT2D eigenvalue weighted by molar-refractivity contribution is 6.10. The molecule has 0 unspecified atom stereocenters. The van der Waals surface area contributed by atoms with Crippen LogP contribution >= 0.6 is 0 Å². The lowest BCUT2D eigenvalue weighted by Crippen LogP contribution is -1.96. The van der Waals surface area contributed by atoms with Gasteiger partial charge in [-0.15, -0.1) is 0 Å². The van der Waals surface area contributed by atoms with Crippen LogP contribution in [0.3, 0.4) is 0 Å². The molecule has 0 aliphatic carbocycles. The maximum Gasteiger partial charge on any atom is 0.0893 e. The van der Waals surface area contributed by atoms with Crippen LogP contribution in [0.1, 0.15) is 0 Å². The second kappa shape index (κ2) is 9.79. The van der Waals surface area contributed by atoms with Gasteiger partial charge in [0.25, 0.3) is 0 Å². The third-order valence-electron chi connectivity index (χ3n) is 8.59. The van der Waals surface area contributed by atoms with E-state index in [-0.39, 0.29) is 0 Å². The summed E-state index contributed by atoms with van der Waals surface area (Å²) in [5.41, 5.74) is 10.7. The van der Waals surface area contributed by atoms with Crippen molar-refractivity contribution in [1.29, 1.82) is 0 Å². The molecular formula is C40H26N4. The van der Waals surface area contributed by atoms with E-state index in [4.69, 9.17) is 4.98 Å². The summed E-state index contributed by atoms with van der Waals surface area (Å²) in [6.45, 7) is 0. The first-order valence-electron chi connectivity index (χ1n) is 14.8. The lowest BCUT2D eigenvalue weighted by Gasteiger charge is -2.12. The molecule has 0 N–H and O–H groups in total. The summed E-state index contributed by atoms with van der Waals surface area (Å²) < 4.78 is 4.67. The van der Waals surface area contributed by atoms with Gasteiger partial charge < -0.3 is 9.13 Å². The number of fused-ring (bicyclic) bond motifs is 6. The van der Waals surface area contributed by atoms with Gasteiger partial charge >= 0.3 is 0 Å². The predicted octanol–water partition coefficient (Wildman–Crippen LogP) is 10.0. The number of benzene rings is 6. The molecule has 9 rings (SSSR count). The largest absolute Gasteiger partial charge is 0.309 e. The normalized spacial score (nSPS) is 11.6. The van der Waals surface area contributed by atoms with E-state index in [1.165, 1.54) is 43.6 Å². The molecule has 0 fully saturated rings. The Labute approximate surface area is 254 Å². The van der Waals surface area contributed by atoms with Gasteiger partial charge in [0.05, 0.1) is 45.8 Å². The average Bonchev–Trinajstić information content (AvgIpc) is 3.62. The summed E-state index contributed by atoms with van der Waals surface area (Å²) in [5.74, 6) is 0. The molecule has 0 atom stereocenters. The Kier molecular flexibility index (Phi) is 5.47. The summed E-state index contributed by atoms with van der Waals surface area (Å²) in [6.07, 6.45) is 3.70. The Balaban J connectivity index is 1.15. The molecule has 206 valence electrons. The molecule has 3 heterocycles. The summed E-state index contributed by atoms with van der Waals surface area (Å²) in [5, 5.41) is 4.99. The van der Waals surface area contributed by atoms with Gasteiger partial charge in [-0.1, -0.05) is 97.1 Å². The zero-order valence-electron chi connectivity index (χ0n) is 23.8. The van der Waals surface area contributed by atoms with Crippen molar-refractivity contribution in [3.8, 4) is 33.9 Å². The molecule has 0 spiro atoms. The van der Waals surface area contributed by atoms with Crippen LogP contribution in [0.5, 0.6) is 0 Å². The fourth-order valence-electron chi connectivity index (χ4n) is 6.65. The fraction of sp³-hybridized carbons (Fsp3) is 0. The first kappa shape index (κ1) is 24.6. The van der Waals surface area contributed by atoms with Crippen LogP contribution in [0.25, 0.3) is 77.5 Å². The highest BCUT2D eigenvalue weighted by Gasteiger charge is 2.14. The zero-order valence-corrected chi connectivity index (χ0v) is 23.8. The van der Waals surface area contributed by atoms with E-state index in [9.17, 15) is 0 Å². The van der Waals surface area contributed by atoms with Crippen molar-refractivity contribution in [2.24, 2.45) is 0 Å². The molecule has 0 amide bonds. The minimum absolute atomic E-state index is 0.840. The smallest absolute Gasteiger partial charge is 0.0893 e. The number of hydrogen-bond acceptors (Lipinski definition) is 2. The fourth-order valence-corrected chi connectivity index (χ4v) is 6.65. The highest BCUT2D eigenvalue weighted by atomic mass is 15.0. The van der Waals surface area contributed by atoms with Gasteiger partial charge in [0.15, 0.2) is 0 Å². The topological polar surface area (TPSA) is 35.6 Å². The number of aromatic nitrogens is 4. The van der Waals surface area contributed by atoms with Gasteiger partial charge in [0.1, 0.15) is 0 Å². The third kappa shape index (κ3) is 3.78. The van der Waals surface area contributed by atoms with E-state index in [1.807, 2.05) is 12.4 Å². The second-order valence-corrected chi connectivity index (χ2v) is 11.1. The Morgan fingerprint density at radius 3 is 1.11 bits per heavy atom. The predicted molar refractivity (Wildman–Crippen MR) is 182 cm³/mol. The molecule has 9 aromatic rings.